The zero-order valence-electron chi connectivity index (χ0n) is 12.9. The molecule has 6 heteroatoms. The van der Waals surface area contributed by atoms with Crippen molar-refractivity contribution >= 4 is 17.6 Å². The number of carbonyl (C=O) groups is 2. The third-order valence-corrected chi connectivity index (χ3v) is 3.02. The average Bonchev–Trinajstić information content (AvgIpc) is 2.60. The molecule has 2 aromatic carbocycles. The number of rotatable bonds is 6. The number of benzene rings is 2. The van der Waals surface area contributed by atoms with Crippen molar-refractivity contribution in [1.29, 1.82) is 0 Å². The minimum atomic E-state index is -0.663. The molecular weight excluding hydrogens is 298 g/mol. The SMILES string of the molecule is COc1ccc(OC)c(C(=O)OCC(=O)Nc2ccccc2)c1. The van der Waals surface area contributed by atoms with Gasteiger partial charge in [-0.25, -0.2) is 4.79 Å². The molecule has 120 valence electrons. The van der Waals surface area contributed by atoms with Crippen LogP contribution in [0.1, 0.15) is 10.4 Å². The third kappa shape index (κ3) is 4.47. The second-order valence-electron chi connectivity index (χ2n) is 4.56. The van der Waals surface area contributed by atoms with Crippen LogP contribution in [0.25, 0.3) is 0 Å². The maximum atomic E-state index is 12.1. The molecule has 0 aliphatic rings. The second kappa shape index (κ2) is 7.84. The number of carbonyl (C=O) groups excluding carboxylic acids is 2. The fraction of sp³-hybridized carbons (Fsp3) is 0.176. The van der Waals surface area contributed by atoms with Gasteiger partial charge in [0, 0.05) is 5.69 Å². The van der Waals surface area contributed by atoms with Crippen molar-refractivity contribution in [3.8, 4) is 11.5 Å². The lowest BCUT2D eigenvalue weighted by Crippen LogP contribution is -2.21. The van der Waals surface area contributed by atoms with E-state index in [-0.39, 0.29) is 5.56 Å². The molecule has 6 nitrogen and oxygen atoms in total. The first kappa shape index (κ1) is 16.4. The Balaban J connectivity index is 1.98. The highest BCUT2D eigenvalue weighted by atomic mass is 16.5. The van der Waals surface area contributed by atoms with Gasteiger partial charge in [0.15, 0.2) is 6.61 Å². The summed E-state index contributed by atoms with van der Waals surface area (Å²) in [4.78, 5) is 23.9. The van der Waals surface area contributed by atoms with Crippen LogP contribution >= 0.6 is 0 Å². The predicted octanol–water partition coefficient (Wildman–Crippen LogP) is 2.50. The first-order chi connectivity index (χ1) is 11.1. The van der Waals surface area contributed by atoms with Gasteiger partial charge < -0.3 is 19.5 Å². The topological polar surface area (TPSA) is 73.9 Å². The van der Waals surface area contributed by atoms with E-state index in [9.17, 15) is 9.59 Å². The van der Waals surface area contributed by atoms with Crippen LogP contribution in [0.2, 0.25) is 0 Å². The van der Waals surface area contributed by atoms with Crippen LogP contribution in [0.15, 0.2) is 48.5 Å². The molecular formula is C17H17NO5. The Morgan fingerprint density at radius 3 is 2.39 bits per heavy atom. The van der Waals surface area contributed by atoms with E-state index < -0.39 is 18.5 Å². The minimum Gasteiger partial charge on any atom is -0.497 e. The molecule has 0 fully saturated rings. The van der Waals surface area contributed by atoms with Gasteiger partial charge in [0.05, 0.1) is 14.2 Å². The molecule has 0 unspecified atom stereocenters. The summed E-state index contributed by atoms with van der Waals surface area (Å²) in [6.07, 6.45) is 0. The van der Waals surface area contributed by atoms with E-state index in [0.717, 1.165) is 0 Å². The zero-order valence-corrected chi connectivity index (χ0v) is 12.9. The molecule has 0 heterocycles. The predicted molar refractivity (Wildman–Crippen MR) is 84.9 cm³/mol. The molecule has 0 aliphatic heterocycles. The summed E-state index contributed by atoms with van der Waals surface area (Å²) in [6.45, 7) is -0.395. The normalized spacial score (nSPS) is 9.83. The Bertz CT molecular complexity index is 685. The van der Waals surface area contributed by atoms with Gasteiger partial charge in [-0.15, -0.1) is 0 Å². The summed E-state index contributed by atoms with van der Waals surface area (Å²) in [5, 5.41) is 2.63. The first-order valence-corrected chi connectivity index (χ1v) is 6.88. The molecule has 0 radical (unpaired) electrons. The van der Waals surface area contributed by atoms with Crippen LogP contribution in [0.4, 0.5) is 5.69 Å². The zero-order chi connectivity index (χ0) is 16.7. The van der Waals surface area contributed by atoms with Crippen molar-refractivity contribution in [3.05, 3.63) is 54.1 Å². The van der Waals surface area contributed by atoms with Gasteiger partial charge in [-0.2, -0.15) is 0 Å². The Kier molecular flexibility index (Phi) is 5.57. The molecule has 0 aromatic heterocycles. The molecule has 0 saturated carbocycles. The van der Waals surface area contributed by atoms with Crippen LogP contribution in [0.3, 0.4) is 0 Å². The number of ether oxygens (including phenoxy) is 3. The van der Waals surface area contributed by atoms with Crippen LogP contribution < -0.4 is 14.8 Å². The summed E-state index contributed by atoms with van der Waals surface area (Å²) in [7, 11) is 2.94. The molecule has 1 N–H and O–H groups in total. The number of amides is 1. The van der Waals surface area contributed by atoms with Gasteiger partial charge in [-0.1, -0.05) is 18.2 Å². The standard InChI is InChI=1S/C17H17NO5/c1-21-13-8-9-15(22-2)14(10-13)17(20)23-11-16(19)18-12-6-4-3-5-7-12/h3-10H,11H2,1-2H3,(H,18,19). The second-order valence-corrected chi connectivity index (χ2v) is 4.56. The fourth-order valence-electron chi connectivity index (χ4n) is 1.90. The van der Waals surface area contributed by atoms with E-state index in [1.807, 2.05) is 6.07 Å². The summed E-state index contributed by atoms with van der Waals surface area (Å²) >= 11 is 0. The van der Waals surface area contributed by atoms with Gasteiger partial charge >= 0.3 is 5.97 Å². The summed E-state index contributed by atoms with van der Waals surface area (Å²) in [6, 6.07) is 13.7. The van der Waals surface area contributed by atoms with Crippen molar-refractivity contribution in [2.45, 2.75) is 0 Å². The van der Waals surface area contributed by atoms with Gasteiger partial charge in [-0.05, 0) is 30.3 Å². The fourth-order valence-corrected chi connectivity index (χ4v) is 1.90. The van der Waals surface area contributed by atoms with E-state index in [2.05, 4.69) is 5.32 Å². The van der Waals surface area contributed by atoms with Crippen LogP contribution in [0.5, 0.6) is 11.5 Å². The highest BCUT2D eigenvalue weighted by Crippen LogP contribution is 2.24. The lowest BCUT2D eigenvalue weighted by atomic mass is 10.2. The number of hydrogen-bond donors (Lipinski definition) is 1. The Labute approximate surface area is 134 Å². The quantitative estimate of drug-likeness (QED) is 0.829. The van der Waals surface area contributed by atoms with Gasteiger partial charge in [0.1, 0.15) is 17.1 Å². The minimum absolute atomic E-state index is 0.194. The van der Waals surface area contributed by atoms with Gasteiger partial charge in [0.25, 0.3) is 5.91 Å². The van der Waals surface area contributed by atoms with Crippen LogP contribution in [-0.2, 0) is 9.53 Å². The lowest BCUT2D eigenvalue weighted by Gasteiger charge is -2.10. The largest absolute Gasteiger partial charge is 0.497 e. The smallest absolute Gasteiger partial charge is 0.342 e. The summed E-state index contributed by atoms with van der Waals surface area (Å²) in [5.41, 5.74) is 0.826. The van der Waals surface area contributed by atoms with E-state index in [1.54, 1.807) is 36.4 Å². The van der Waals surface area contributed by atoms with E-state index >= 15 is 0 Å². The number of hydrogen-bond acceptors (Lipinski definition) is 5. The molecule has 0 aliphatic carbocycles. The number of anilines is 1. The Morgan fingerprint density at radius 2 is 1.74 bits per heavy atom. The number of esters is 1. The molecule has 0 saturated heterocycles. The molecule has 23 heavy (non-hydrogen) atoms. The van der Waals surface area contributed by atoms with Crippen molar-refractivity contribution < 1.29 is 23.8 Å². The molecule has 0 bridgehead atoms. The first-order valence-electron chi connectivity index (χ1n) is 6.88. The van der Waals surface area contributed by atoms with Crippen molar-refractivity contribution in [2.75, 3.05) is 26.1 Å². The van der Waals surface area contributed by atoms with Crippen molar-refractivity contribution in [2.24, 2.45) is 0 Å². The number of para-hydroxylation sites is 1. The van der Waals surface area contributed by atoms with Crippen LogP contribution in [0, 0.1) is 0 Å². The summed E-state index contributed by atoms with van der Waals surface area (Å²) in [5.74, 6) is -0.249. The molecule has 0 spiro atoms. The molecule has 2 rings (SSSR count). The van der Waals surface area contributed by atoms with Gasteiger partial charge in [-0.3, -0.25) is 4.79 Å². The van der Waals surface area contributed by atoms with E-state index in [1.165, 1.54) is 20.3 Å². The van der Waals surface area contributed by atoms with Crippen molar-refractivity contribution in [3.63, 3.8) is 0 Å². The molecule has 2 aromatic rings. The lowest BCUT2D eigenvalue weighted by molar-refractivity contribution is -0.119. The summed E-state index contributed by atoms with van der Waals surface area (Å²) < 4.78 is 15.2. The highest BCUT2D eigenvalue weighted by Gasteiger charge is 2.16. The van der Waals surface area contributed by atoms with E-state index in [0.29, 0.717) is 17.2 Å². The molecule has 0 atom stereocenters. The van der Waals surface area contributed by atoms with Crippen LogP contribution in [-0.4, -0.2) is 32.7 Å². The number of methoxy groups -OCH3 is 2. The maximum Gasteiger partial charge on any atom is 0.342 e. The van der Waals surface area contributed by atoms with Gasteiger partial charge in [0.2, 0.25) is 0 Å². The number of nitrogens with one attached hydrogen (secondary N) is 1. The monoisotopic (exact) mass is 315 g/mol. The Hall–Kier alpha value is -3.02. The van der Waals surface area contributed by atoms with E-state index in [4.69, 9.17) is 14.2 Å². The highest BCUT2D eigenvalue weighted by molar-refractivity contribution is 5.97. The Morgan fingerprint density at radius 1 is 1.00 bits per heavy atom. The molecule has 1 amide bonds. The maximum absolute atomic E-state index is 12.1. The van der Waals surface area contributed by atoms with Crippen molar-refractivity contribution in [1.82, 2.24) is 0 Å². The third-order valence-electron chi connectivity index (χ3n) is 3.02. The average molecular weight is 315 g/mol.